The van der Waals surface area contributed by atoms with Gasteiger partial charge >= 0.3 is 5.97 Å². The predicted molar refractivity (Wildman–Crippen MR) is 116 cm³/mol. The van der Waals surface area contributed by atoms with Gasteiger partial charge in [-0.3, -0.25) is 9.59 Å². The van der Waals surface area contributed by atoms with E-state index in [1.165, 1.54) is 23.1 Å². The highest BCUT2D eigenvalue weighted by Crippen LogP contribution is 2.39. The fourth-order valence-electron chi connectivity index (χ4n) is 3.80. The largest absolute Gasteiger partial charge is 0.508 e. The number of carboxylic acids is 1. The number of phenols is 2. The Morgan fingerprint density at radius 2 is 1.74 bits per heavy atom. The van der Waals surface area contributed by atoms with Gasteiger partial charge in [0.05, 0.1) is 17.8 Å². The lowest BCUT2D eigenvalue weighted by Gasteiger charge is -2.29. The van der Waals surface area contributed by atoms with E-state index in [1.54, 1.807) is 30.3 Å². The summed E-state index contributed by atoms with van der Waals surface area (Å²) in [6.45, 7) is -0.376. The van der Waals surface area contributed by atoms with Gasteiger partial charge in [-0.1, -0.05) is 30.3 Å². The summed E-state index contributed by atoms with van der Waals surface area (Å²) >= 11 is 4.29. The maximum absolute atomic E-state index is 12.9. The monoisotopic (exact) mass is 444 g/mol. The minimum Gasteiger partial charge on any atom is -0.508 e. The Bertz CT molecular complexity index is 965. The van der Waals surface area contributed by atoms with Crippen LogP contribution in [0.1, 0.15) is 30.0 Å². The third-order valence-electron chi connectivity index (χ3n) is 5.34. The molecule has 2 aromatic carbocycles. The molecule has 1 aliphatic rings. The van der Waals surface area contributed by atoms with Gasteiger partial charge < -0.3 is 25.5 Å². The molecule has 164 valence electrons. The molecular weight excluding hydrogens is 420 g/mol. The molecule has 1 heterocycles. The number of carbonyl (C=O) groups excluding carboxylic acids is 2. The second-order valence-electron chi connectivity index (χ2n) is 7.41. The number of nitrogens with one attached hydrogen (secondary N) is 1. The van der Waals surface area contributed by atoms with Crippen LogP contribution < -0.4 is 5.32 Å². The zero-order valence-corrected chi connectivity index (χ0v) is 17.5. The molecule has 1 fully saturated rings. The van der Waals surface area contributed by atoms with Crippen LogP contribution in [0.15, 0.2) is 48.5 Å². The summed E-state index contributed by atoms with van der Waals surface area (Å²) in [6.07, 6.45) is 0.944. The number of aromatic hydroxyl groups is 2. The average molecular weight is 445 g/mol. The van der Waals surface area contributed by atoms with Crippen molar-refractivity contribution in [2.75, 3.05) is 6.54 Å². The van der Waals surface area contributed by atoms with E-state index in [0.717, 1.165) is 5.56 Å². The molecule has 3 atom stereocenters. The van der Waals surface area contributed by atoms with Gasteiger partial charge in [0.15, 0.2) is 0 Å². The van der Waals surface area contributed by atoms with Crippen molar-refractivity contribution in [1.29, 1.82) is 0 Å². The van der Waals surface area contributed by atoms with E-state index < -0.39 is 35.1 Å². The number of carboxylic acid groups (broad SMARTS) is 1. The fraction of sp³-hybridized carbons (Fsp3) is 0.318. The number of hydrogen-bond donors (Lipinski definition) is 5. The van der Waals surface area contributed by atoms with Crippen molar-refractivity contribution in [1.82, 2.24) is 10.2 Å². The Balaban J connectivity index is 1.66. The standard InChI is InChI=1S/C22H24N2O6S/c25-14-7-5-13(6-8-14)11-19(31)21(28)23-12-20(27)24-16(9-10-17(24)22(29)30)15-3-1-2-4-18(15)26/h1-8,16-17,19,25-26,31H,9-12H2,(H,23,28)(H,29,30)/t16?,17-,19?/m0/s1. The smallest absolute Gasteiger partial charge is 0.326 e. The Labute approximate surface area is 184 Å². The highest BCUT2D eigenvalue weighted by molar-refractivity contribution is 7.81. The van der Waals surface area contributed by atoms with Crippen molar-refractivity contribution in [2.45, 2.75) is 36.6 Å². The number of nitrogens with zero attached hydrogens (tertiary/aromatic N) is 1. The molecule has 2 unspecified atom stereocenters. The molecule has 8 nitrogen and oxygen atoms in total. The van der Waals surface area contributed by atoms with E-state index in [-0.39, 0.29) is 24.5 Å². The molecule has 2 amide bonds. The van der Waals surface area contributed by atoms with Crippen LogP contribution in [0.25, 0.3) is 0 Å². The topological polar surface area (TPSA) is 127 Å². The van der Waals surface area contributed by atoms with Crippen LogP contribution >= 0.6 is 12.6 Å². The van der Waals surface area contributed by atoms with Crippen molar-refractivity contribution < 1.29 is 29.7 Å². The zero-order valence-electron chi connectivity index (χ0n) is 16.6. The quantitative estimate of drug-likeness (QED) is 0.415. The summed E-state index contributed by atoms with van der Waals surface area (Å²) in [5.74, 6) is -2.03. The van der Waals surface area contributed by atoms with Crippen LogP contribution in [-0.2, 0) is 20.8 Å². The lowest BCUT2D eigenvalue weighted by molar-refractivity contribution is -0.149. The molecule has 1 saturated heterocycles. The van der Waals surface area contributed by atoms with Crippen LogP contribution in [0.2, 0.25) is 0 Å². The molecule has 0 aromatic heterocycles. The molecule has 0 bridgehead atoms. The first-order valence-electron chi connectivity index (χ1n) is 9.83. The fourth-order valence-corrected chi connectivity index (χ4v) is 4.10. The van der Waals surface area contributed by atoms with E-state index in [4.69, 9.17) is 0 Å². The Morgan fingerprint density at radius 3 is 2.39 bits per heavy atom. The Hall–Kier alpha value is -3.20. The third-order valence-corrected chi connectivity index (χ3v) is 5.75. The molecule has 0 radical (unpaired) electrons. The first kappa shape index (κ1) is 22.5. The molecule has 0 aliphatic carbocycles. The minimum atomic E-state index is -1.13. The van der Waals surface area contributed by atoms with Gasteiger partial charge in [-0.15, -0.1) is 0 Å². The highest BCUT2D eigenvalue weighted by atomic mass is 32.1. The van der Waals surface area contributed by atoms with E-state index in [0.29, 0.717) is 18.4 Å². The molecule has 0 spiro atoms. The maximum Gasteiger partial charge on any atom is 0.326 e. The predicted octanol–water partition coefficient (Wildman–Crippen LogP) is 1.87. The number of phenolic OH excluding ortho intramolecular Hbond substituents is 2. The highest BCUT2D eigenvalue weighted by Gasteiger charge is 2.42. The number of hydrogen-bond acceptors (Lipinski definition) is 6. The molecule has 0 saturated carbocycles. The van der Waals surface area contributed by atoms with E-state index in [1.807, 2.05) is 0 Å². The number of thiol groups is 1. The Kier molecular flexibility index (Phi) is 7.06. The van der Waals surface area contributed by atoms with E-state index in [2.05, 4.69) is 17.9 Å². The van der Waals surface area contributed by atoms with E-state index >= 15 is 0 Å². The number of rotatable bonds is 7. The van der Waals surface area contributed by atoms with Gasteiger partial charge in [-0.2, -0.15) is 12.6 Å². The van der Waals surface area contributed by atoms with Crippen LogP contribution in [0.3, 0.4) is 0 Å². The van der Waals surface area contributed by atoms with Crippen LogP contribution in [-0.4, -0.2) is 55.8 Å². The summed E-state index contributed by atoms with van der Waals surface area (Å²) in [4.78, 5) is 38.2. The van der Waals surface area contributed by atoms with Crippen molar-refractivity contribution in [3.63, 3.8) is 0 Å². The van der Waals surface area contributed by atoms with Gasteiger partial charge in [0, 0.05) is 5.56 Å². The molecule has 4 N–H and O–H groups in total. The SMILES string of the molecule is O=C(NCC(=O)N1C(c2ccccc2O)CC[C@H]1C(=O)O)C(S)Cc1ccc(O)cc1. The maximum atomic E-state index is 12.9. The van der Waals surface area contributed by atoms with Crippen molar-refractivity contribution >= 4 is 30.4 Å². The third kappa shape index (κ3) is 5.29. The lowest BCUT2D eigenvalue weighted by Crippen LogP contribution is -2.47. The van der Waals surface area contributed by atoms with Crippen LogP contribution in [0.4, 0.5) is 0 Å². The lowest BCUT2D eigenvalue weighted by atomic mass is 10.0. The van der Waals surface area contributed by atoms with Crippen molar-refractivity contribution in [3.05, 3.63) is 59.7 Å². The van der Waals surface area contributed by atoms with Gasteiger partial charge in [-0.25, -0.2) is 4.79 Å². The van der Waals surface area contributed by atoms with Crippen LogP contribution in [0, 0.1) is 0 Å². The van der Waals surface area contributed by atoms with Crippen molar-refractivity contribution in [2.24, 2.45) is 0 Å². The molecule has 2 aromatic rings. The number of amides is 2. The molecule has 3 rings (SSSR count). The van der Waals surface area contributed by atoms with Crippen LogP contribution in [0.5, 0.6) is 11.5 Å². The van der Waals surface area contributed by atoms with Gasteiger partial charge in [-0.05, 0) is 43.0 Å². The number of likely N-dealkylation sites (tertiary alicyclic amines) is 1. The summed E-state index contributed by atoms with van der Waals surface area (Å²) in [5, 5.41) is 30.8. The summed E-state index contributed by atoms with van der Waals surface area (Å²) in [5.41, 5.74) is 1.27. The second-order valence-corrected chi connectivity index (χ2v) is 8.03. The number of para-hydroxylation sites is 1. The summed E-state index contributed by atoms with van der Waals surface area (Å²) < 4.78 is 0. The number of carbonyl (C=O) groups is 3. The normalized spacial score (nSPS) is 19.1. The first-order valence-corrected chi connectivity index (χ1v) is 10.3. The zero-order chi connectivity index (χ0) is 22.5. The second kappa shape index (κ2) is 9.74. The molecular formula is C22H24N2O6S. The molecule has 9 heteroatoms. The van der Waals surface area contributed by atoms with E-state index in [9.17, 15) is 29.7 Å². The number of aliphatic carboxylic acids is 1. The minimum absolute atomic E-state index is 0.00954. The molecule has 31 heavy (non-hydrogen) atoms. The summed E-state index contributed by atoms with van der Waals surface area (Å²) in [7, 11) is 0. The first-order chi connectivity index (χ1) is 14.8. The number of benzene rings is 2. The van der Waals surface area contributed by atoms with Gasteiger partial charge in [0.1, 0.15) is 17.5 Å². The van der Waals surface area contributed by atoms with Crippen molar-refractivity contribution in [3.8, 4) is 11.5 Å². The average Bonchev–Trinajstić information content (AvgIpc) is 3.19. The van der Waals surface area contributed by atoms with Gasteiger partial charge in [0.2, 0.25) is 11.8 Å². The Morgan fingerprint density at radius 1 is 1.06 bits per heavy atom. The van der Waals surface area contributed by atoms with Gasteiger partial charge in [0.25, 0.3) is 0 Å². The molecule has 1 aliphatic heterocycles. The summed E-state index contributed by atoms with van der Waals surface area (Å²) in [6, 6.07) is 11.3.